The van der Waals surface area contributed by atoms with Gasteiger partial charge in [0, 0.05) is 32.2 Å². The molecule has 0 aliphatic carbocycles. The van der Waals surface area contributed by atoms with E-state index in [1.165, 1.54) is 57.8 Å². The van der Waals surface area contributed by atoms with Crippen LogP contribution in [0.25, 0.3) is 0 Å². The van der Waals surface area contributed by atoms with Gasteiger partial charge < -0.3 is 19.9 Å². The summed E-state index contributed by atoms with van der Waals surface area (Å²) < 4.78 is 10.5. The standard InChI is InChI=1S/C32H59NO7/c1-32(2,3)31(38)40-27-26-39-25-24-33-29(35)22-19-18-21-28(34)20-16-14-12-10-8-6-4-5-7-9-11-13-15-17-23-30(36)37/h4-27H2,1-3H3,(H,33,35)(H,36,37). The molecule has 0 saturated heterocycles. The van der Waals surface area contributed by atoms with E-state index in [0.29, 0.717) is 57.6 Å². The van der Waals surface area contributed by atoms with Crippen molar-refractivity contribution in [1.82, 2.24) is 5.32 Å². The second-order valence-electron chi connectivity index (χ2n) is 11.9. The van der Waals surface area contributed by atoms with Crippen molar-refractivity contribution in [3.63, 3.8) is 0 Å². The highest BCUT2D eigenvalue weighted by Crippen LogP contribution is 2.15. The highest BCUT2D eigenvalue weighted by molar-refractivity contribution is 5.78. The maximum atomic E-state index is 12.1. The zero-order valence-electron chi connectivity index (χ0n) is 25.9. The lowest BCUT2D eigenvalue weighted by atomic mass is 9.97. The monoisotopic (exact) mass is 569 g/mol. The number of carboxylic acid groups (broad SMARTS) is 1. The van der Waals surface area contributed by atoms with Crippen LogP contribution in [0.5, 0.6) is 0 Å². The van der Waals surface area contributed by atoms with E-state index in [-0.39, 0.29) is 18.5 Å². The molecule has 0 aliphatic heterocycles. The number of aliphatic carboxylic acids is 1. The molecule has 40 heavy (non-hydrogen) atoms. The normalized spacial score (nSPS) is 11.4. The van der Waals surface area contributed by atoms with Gasteiger partial charge in [-0.2, -0.15) is 0 Å². The van der Waals surface area contributed by atoms with E-state index in [1.807, 2.05) is 0 Å². The highest BCUT2D eigenvalue weighted by atomic mass is 16.6. The summed E-state index contributed by atoms with van der Waals surface area (Å²) in [6.45, 7) is 6.71. The zero-order valence-corrected chi connectivity index (χ0v) is 25.9. The van der Waals surface area contributed by atoms with Gasteiger partial charge in [-0.1, -0.05) is 77.0 Å². The third-order valence-corrected chi connectivity index (χ3v) is 6.85. The van der Waals surface area contributed by atoms with Gasteiger partial charge in [0.1, 0.15) is 12.4 Å². The summed E-state index contributed by atoms with van der Waals surface area (Å²) in [4.78, 5) is 46.0. The number of unbranched alkanes of at least 4 members (excludes halogenated alkanes) is 14. The molecule has 0 aliphatic rings. The quantitative estimate of drug-likeness (QED) is 0.0757. The minimum atomic E-state index is -0.685. The Morgan fingerprint density at radius 2 is 1.00 bits per heavy atom. The molecule has 0 radical (unpaired) electrons. The molecule has 0 fully saturated rings. The minimum Gasteiger partial charge on any atom is -0.481 e. The fraction of sp³-hybridized carbons (Fsp3) is 0.875. The molecule has 0 rings (SSSR count). The van der Waals surface area contributed by atoms with Crippen LogP contribution in [0.3, 0.4) is 0 Å². The largest absolute Gasteiger partial charge is 0.481 e. The Kier molecular flexibility index (Phi) is 24.7. The number of hydrogen-bond acceptors (Lipinski definition) is 6. The average Bonchev–Trinajstić information content (AvgIpc) is 2.89. The molecule has 0 heterocycles. The van der Waals surface area contributed by atoms with Crippen LogP contribution in [0.15, 0.2) is 0 Å². The Morgan fingerprint density at radius 1 is 0.575 bits per heavy atom. The Balaban J connectivity index is 3.35. The topological polar surface area (TPSA) is 119 Å². The van der Waals surface area contributed by atoms with Gasteiger partial charge in [0.2, 0.25) is 5.91 Å². The van der Waals surface area contributed by atoms with Crippen LogP contribution in [0.1, 0.15) is 149 Å². The number of carbonyl (C=O) groups is 4. The number of Topliss-reactive ketones (excluding diaryl/α,β-unsaturated/α-hetero) is 1. The number of carbonyl (C=O) groups excluding carboxylic acids is 3. The molecule has 0 aromatic carbocycles. The van der Waals surface area contributed by atoms with Crippen molar-refractivity contribution < 1.29 is 33.8 Å². The number of amides is 1. The maximum Gasteiger partial charge on any atom is 0.311 e. The van der Waals surface area contributed by atoms with Gasteiger partial charge in [0.25, 0.3) is 0 Å². The smallest absolute Gasteiger partial charge is 0.311 e. The second kappa shape index (κ2) is 26.0. The van der Waals surface area contributed by atoms with Gasteiger partial charge >= 0.3 is 11.9 Å². The van der Waals surface area contributed by atoms with Crippen molar-refractivity contribution in [1.29, 1.82) is 0 Å². The van der Waals surface area contributed by atoms with Gasteiger partial charge in [-0.05, 0) is 46.5 Å². The number of rotatable bonds is 28. The van der Waals surface area contributed by atoms with Gasteiger partial charge in [0.15, 0.2) is 0 Å². The fourth-order valence-electron chi connectivity index (χ4n) is 4.32. The van der Waals surface area contributed by atoms with E-state index < -0.39 is 11.4 Å². The first kappa shape index (κ1) is 38.0. The van der Waals surface area contributed by atoms with Crippen molar-refractivity contribution in [3.8, 4) is 0 Å². The van der Waals surface area contributed by atoms with Gasteiger partial charge in [-0.15, -0.1) is 0 Å². The molecule has 2 N–H and O–H groups in total. The van der Waals surface area contributed by atoms with E-state index in [1.54, 1.807) is 20.8 Å². The van der Waals surface area contributed by atoms with Crippen LogP contribution in [-0.2, 0) is 28.7 Å². The SMILES string of the molecule is CC(C)(C)C(=O)OCCOCCNC(=O)CCCCC(=O)CCCCCCCCCCCCCCCCC(=O)O. The molecule has 0 bridgehead atoms. The Morgan fingerprint density at radius 3 is 1.48 bits per heavy atom. The lowest BCUT2D eigenvalue weighted by Gasteiger charge is -2.16. The van der Waals surface area contributed by atoms with Crippen LogP contribution in [0.4, 0.5) is 0 Å². The molecule has 0 saturated carbocycles. The third kappa shape index (κ3) is 27.6. The van der Waals surface area contributed by atoms with Crippen molar-refractivity contribution in [2.75, 3.05) is 26.4 Å². The Bertz CT molecular complexity index is 673. The van der Waals surface area contributed by atoms with Gasteiger partial charge in [-0.3, -0.25) is 19.2 Å². The molecule has 8 heteroatoms. The molecule has 0 aromatic heterocycles. The van der Waals surface area contributed by atoms with Gasteiger partial charge in [0.05, 0.1) is 18.6 Å². The number of ether oxygens (including phenoxy) is 2. The number of nitrogens with one attached hydrogen (secondary N) is 1. The summed E-state index contributed by atoms with van der Waals surface area (Å²) in [5, 5.41) is 11.4. The number of carboxylic acids is 1. The summed E-state index contributed by atoms with van der Waals surface area (Å²) in [6.07, 6.45) is 20.0. The number of hydrogen-bond donors (Lipinski definition) is 2. The Labute approximate surface area is 243 Å². The summed E-state index contributed by atoms with van der Waals surface area (Å²) in [5.41, 5.74) is -0.519. The van der Waals surface area contributed by atoms with Crippen molar-refractivity contribution in [2.45, 2.75) is 149 Å². The molecule has 0 unspecified atom stereocenters. The maximum absolute atomic E-state index is 12.1. The number of ketones is 1. The predicted octanol–water partition coefficient (Wildman–Crippen LogP) is 7.16. The molecule has 0 atom stereocenters. The summed E-state index contributed by atoms with van der Waals surface area (Å²) in [5.74, 6) is -0.661. The van der Waals surface area contributed by atoms with E-state index >= 15 is 0 Å². The molecule has 0 spiro atoms. The lowest BCUT2D eigenvalue weighted by molar-refractivity contribution is -0.154. The van der Waals surface area contributed by atoms with Crippen LogP contribution in [-0.4, -0.2) is 55.1 Å². The number of esters is 1. The van der Waals surface area contributed by atoms with E-state index in [2.05, 4.69) is 5.32 Å². The first-order valence-electron chi connectivity index (χ1n) is 15.9. The highest BCUT2D eigenvalue weighted by Gasteiger charge is 2.22. The molecule has 1 amide bonds. The second-order valence-corrected chi connectivity index (χ2v) is 11.9. The van der Waals surface area contributed by atoms with E-state index in [0.717, 1.165) is 38.5 Å². The first-order chi connectivity index (χ1) is 19.1. The van der Waals surface area contributed by atoms with Crippen LogP contribution in [0.2, 0.25) is 0 Å². The van der Waals surface area contributed by atoms with E-state index in [4.69, 9.17) is 14.6 Å². The summed E-state index contributed by atoms with van der Waals surface area (Å²) >= 11 is 0. The van der Waals surface area contributed by atoms with E-state index in [9.17, 15) is 19.2 Å². The minimum absolute atomic E-state index is 0.0276. The lowest BCUT2D eigenvalue weighted by Crippen LogP contribution is -2.28. The van der Waals surface area contributed by atoms with Crippen LogP contribution in [0, 0.1) is 5.41 Å². The van der Waals surface area contributed by atoms with Crippen molar-refractivity contribution in [2.24, 2.45) is 5.41 Å². The molecule has 8 nitrogen and oxygen atoms in total. The molecule has 0 aromatic rings. The molecular formula is C32H59NO7. The molecule has 234 valence electrons. The summed E-state index contributed by atoms with van der Waals surface area (Å²) in [6, 6.07) is 0. The van der Waals surface area contributed by atoms with Gasteiger partial charge in [-0.25, -0.2) is 0 Å². The average molecular weight is 570 g/mol. The van der Waals surface area contributed by atoms with Crippen molar-refractivity contribution >= 4 is 23.6 Å². The fourth-order valence-corrected chi connectivity index (χ4v) is 4.32. The van der Waals surface area contributed by atoms with Crippen molar-refractivity contribution in [3.05, 3.63) is 0 Å². The van der Waals surface area contributed by atoms with Crippen LogP contribution >= 0.6 is 0 Å². The molecular weight excluding hydrogens is 510 g/mol. The Hall–Kier alpha value is -1.96. The zero-order chi connectivity index (χ0) is 29.9. The predicted molar refractivity (Wildman–Crippen MR) is 159 cm³/mol. The first-order valence-corrected chi connectivity index (χ1v) is 15.9. The summed E-state index contributed by atoms with van der Waals surface area (Å²) in [7, 11) is 0. The van der Waals surface area contributed by atoms with Crippen LogP contribution < -0.4 is 5.32 Å². The third-order valence-electron chi connectivity index (χ3n) is 6.85.